The van der Waals surface area contributed by atoms with E-state index in [1.54, 1.807) is 51.1 Å². The van der Waals surface area contributed by atoms with Crippen molar-refractivity contribution < 1.29 is 28.3 Å². The van der Waals surface area contributed by atoms with Crippen LogP contribution in [0.5, 0.6) is 0 Å². The standard InChI is InChI=1S/C26H29FN4O5/c1-25(2,3)36-24(35)30-19(12-15-7-6-8-16(27)11-15)22(33)31-14-26(13-20(31)21(28)32)17-9-4-5-10-18(17)29-23(26)34/h4-11,19-20H,12-14H2,1-3H3,(H2,28,32)(H,29,34)(H,30,35)/t19?,20-,26-/m0/s1. The van der Waals surface area contributed by atoms with Crippen molar-refractivity contribution in [3.63, 3.8) is 0 Å². The van der Waals surface area contributed by atoms with Gasteiger partial charge < -0.3 is 26.0 Å². The predicted molar refractivity (Wildman–Crippen MR) is 129 cm³/mol. The molecule has 1 fully saturated rings. The second kappa shape index (κ2) is 9.25. The van der Waals surface area contributed by atoms with E-state index >= 15 is 0 Å². The molecule has 0 aliphatic carbocycles. The van der Waals surface area contributed by atoms with Crippen LogP contribution in [0.1, 0.15) is 38.3 Å². The normalized spacial score (nSPS) is 21.6. The molecule has 2 heterocycles. The molecule has 10 heteroatoms. The number of amides is 4. The summed E-state index contributed by atoms with van der Waals surface area (Å²) in [4.78, 5) is 53.2. The molecule has 4 N–H and O–H groups in total. The number of carbonyl (C=O) groups excluding carboxylic acids is 4. The third kappa shape index (κ3) is 4.89. The average molecular weight is 497 g/mol. The Morgan fingerprint density at radius 2 is 1.94 bits per heavy atom. The lowest BCUT2D eigenvalue weighted by molar-refractivity contribution is -0.139. The van der Waals surface area contributed by atoms with E-state index < -0.39 is 46.8 Å². The van der Waals surface area contributed by atoms with E-state index in [4.69, 9.17) is 10.5 Å². The summed E-state index contributed by atoms with van der Waals surface area (Å²) in [5.74, 6) is -2.21. The predicted octanol–water partition coefficient (Wildman–Crippen LogP) is 2.24. The molecule has 9 nitrogen and oxygen atoms in total. The van der Waals surface area contributed by atoms with Crippen molar-refractivity contribution in [1.29, 1.82) is 0 Å². The maximum atomic E-state index is 13.8. The van der Waals surface area contributed by atoms with Gasteiger partial charge in [-0.05, 0) is 56.5 Å². The summed E-state index contributed by atoms with van der Waals surface area (Å²) in [5.41, 5.74) is 5.45. The molecule has 0 bridgehead atoms. The van der Waals surface area contributed by atoms with Gasteiger partial charge in [-0.2, -0.15) is 0 Å². The molecular weight excluding hydrogens is 467 g/mol. The van der Waals surface area contributed by atoms with Crippen LogP contribution in [-0.2, 0) is 31.0 Å². The van der Waals surface area contributed by atoms with Gasteiger partial charge in [-0.25, -0.2) is 9.18 Å². The molecule has 2 aromatic carbocycles. The van der Waals surface area contributed by atoms with Crippen LogP contribution in [0.4, 0.5) is 14.9 Å². The maximum Gasteiger partial charge on any atom is 0.408 e. The number of nitrogens with zero attached hydrogens (tertiary/aromatic N) is 1. The van der Waals surface area contributed by atoms with Gasteiger partial charge >= 0.3 is 6.09 Å². The van der Waals surface area contributed by atoms with Crippen molar-refractivity contribution in [2.45, 2.75) is 56.7 Å². The van der Waals surface area contributed by atoms with Gasteiger partial charge in [0, 0.05) is 18.7 Å². The minimum Gasteiger partial charge on any atom is -0.444 e. The van der Waals surface area contributed by atoms with Crippen LogP contribution < -0.4 is 16.4 Å². The molecule has 1 saturated heterocycles. The Balaban J connectivity index is 1.67. The quantitative estimate of drug-likeness (QED) is 0.584. The van der Waals surface area contributed by atoms with Gasteiger partial charge in [-0.15, -0.1) is 0 Å². The van der Waals surface area contributed by atoms with Crippen LogP contribution >= 0.6 is 0 Å². The van der Waals surface area contributed by atoms with Crippen molar-refractivity contribution in [3.05, 3.63) is 65.5 Å². The SMILES string of the molecule is CC(C)(C)OC(=O)NC(Cc1cccc(F)c1)C(=O)N1C[C@]2(C[C@H]1C(N)=O)C(=O)Nc1ccccc12. The van der Waals surface area contributed by atoms with E-state index in [1.807, 2.05) is 0 Å². The number of hydrogen-bond acceptors (Lipinski definition) is 5. The topological polar surface area (TPSA) is 131 Å². The number of anilines is 1. The fourth-order valence-corrected chi connectivity index (χ4v) is 4.87. The summed E-state index contributed by atoms with van der Waals surface area (Å²) in [5, 5.41) is 5.38. The Morgan fingerprint density at radius 1 is 1.22 bits per heavy atom. The molecule has 2 aliphatic heterocycles. The van der Waals surface area contributed by atoms with Crippen LogP contribution in [0.3, 0.4) is 0 Å². The highest BCUT2D eigenvalue weighted by atomic mass is 19.1. The molecule has 1 spiro atoms. The first-order chi connectivity index (χ1) is 16.9. The van der Waals surface area contributed by atoms with E-state index in [-0.39, 0.29) is 25.3 Å². The summed E-state index contributed by atoms with van der Waals surface area (Å²) < 4.78 is 19.2. The number of hydrogen-bond donors (Lipinski definition) is 3. The average Bonchev–Trinajstić information content (AvgIpc) is 3.31. The van der Waals surface area contributed by atoms with E-state index in [0.717, 1.165) is 0 Å². The monoisotopic (exact) mass is 496 g/mol. The number of carbonyl (C=O) groups is 4. The highest BCUT2D eigenvalue weighted by Crippen LogP contribution is 2.46. The number of primary amides is 1. The number of rotatable bonds is 5. The van der Waals surface area contributed by atoms with E-state index in [9.17, 15) is 23.6 Å². The van der Waals surface area contributed by atoms with Crippen molar-refractivity contribution >= 4 is 29.5 Å². The number of nitrogens with two attached hydrogens (primary N) is 1. The highest BCUT2D eigenvalue weighted by molar-refractivity contribution is 6.08. The van der Waals surface area contributed by atoms with Gasteiger partial charge in [0.15, 0.2) is 0 Å². The van der Waals surface area contributed by atoms with Gasteiger partial charge in [-0.3, -0.25) is 14.4 Å². The van der Waals surface area contributed by atoms with E-state index in [2.05, 4.69) is 10.6 Å². The Hall–Kier alpha value is -3.95. The first-order valence-corrected chi connectivity index (χ1v) is 11.6. The number of likely N-dealkylation sites (tertiary alicyclic amines) is 1. The summed E-state index contributed by atoms with van der Waals surface area (Å²) in [6, 6.07) is 10.5. The molecule has 190 valence electrons. The Labute approximate surface area is 208 Å². The Bertz CT molecular complexity index is 1230. The summed E-state index contributed by atoms with van der Waals surface area (Å²) in [6.07, 6.45) is -0.894. The van der Waals surface area contributed by atoms with Crippen molar-refractivity contribution in [2.24, 2.45) is 5.73 Å². The molecule has 36 heavy (non-hydrogen) atoms. The number of ether oxygens (including phenoxy) is 1. The number of nitrogens with one attached hydrogen (secondary N) is 2. The molecule has 4 rings (SSSR count). The zero-order chi connectivity index (χ0) is 26.3. The van der Waals surface area contributed by atoms with Crippen molar-refractivity contribution in [1.82, 2.24) is 10.2 Å². The molecule has 3 atom stereocenters. The molecule has 2 aromatic rings. The lowest BCUT2D eigenvalue weighted by Gasteiger charge is -2.29. The Morgan fingerprint density at radius 3 is 2.61 bits per heavy atom. The molecule has 0 saturated carbocycles. The molecule has 1 unspecified atom stereocenters. The van der Waals surface area contributed by atoms with Crippen LogP contribution in [0.25, 0.3) is 0 Å². The van der Waals surface area contributed by atoms with Gasteiger partial charge in [0.1, 0.15) is 23.5 Å². The van der Waals surface area contributed by atoms with Gasteiger partial charge in [0.25, 0.3) is 0 Å². The van der Waals surface area contributed by atoms with Crippen LogP contribution in [0.15, 0.2) is 48.5 Å². The summed E-state index contributed by atoms with van der Waals surface area (Å²) >= 11 is 0. The second-order valence-electron chi connectivity index (χ2n) is 10.2. The van der Waals surface area contributed by atoms with E-state index in [0.29, 0.717) is 16.8 Å². The fourth-order valence-electron chi connectivity index (χ4n) is 4.87. The van der Waals surface area contributed by atoms with Gasteiger partial charge in [-0.1, -0.05) is 30.3 Å². The van der Waals surface area contributed by atoms with Crippen molar-refractivity contribution in [2.75, 3.05) is 11.9 Å². The molecule has 4 amide bonds. The van der Waals surface area contributed by atoms with Crippen LogP contribution in [0.2, 0.25) is 0 Å². The number of benzene rings is 2. The summed E-state index contributed by atoms with van der Waals surface area (Å²) in [6.45, 7) is 4.94. The largest absolute Gasteiger partial charge is 0.444 e. The highest BCUT2D eigenvalue weighted by Gasteiger charge is 2.57. The third-order valence-corrected chi connectivity index (χ3v) is 6.41. The Kier molecular flexibility index (Phi) is 6.46. The van der Waals surface area contributed by atoms with Crippen molar-refractivity contribution in [3.8, 4) is 0 Å². The number of para-hydroxylation sites is 1. The van der Waals surface area contributed by atoms with Crippen LogP contribution in [-0.4, -0.2) is 52.9 Å². The molecule has 0 aromatic heterocycles. The second-order valence-corrected chi connectivity index (χ2v) is 10.2. The lowest BCUT2D eigenvalue weighted by Crippen LogP contribution is -2.54. The fraction of sp³-hybridized carbons (Fsp3) is 0.385. The molecule has 2 aliphatic rings. The van der Waals surface area contributed by atoms with Gasteiger partial charge in [0.2, 0.25) is 17.7 Å². The zero-order valence-corrected chi connectivity index (χ0v) is 20.3. The maximum absolute atomic E-state index is 13.8. The first-order valence-electron chi connectivity index (χ1n) is 11.6. The minimum absolute atomic E-state index is 0.00996. The first kappa shape index (κ1) is 25.2. The zero-order valence-electron chi connectivity index (χ0n) is 20.3. The molecule has 0 radical (unpaired) electrons. The number of halogens is 1. The number of alkyl carbamates (subject to hydrolysis) is 1. The third-order valence-electron chi connectivity index (χ3n) is 6.41. The summed E-state index contributed by atoms with van der Waals surface area (Å²) in [7, 11) is 0. The number of fused-ring (bicyclic) bond motifs is 2. The van der Waals surface area contributed by atoms with E-state index in [1.165, 1.54) is 23.1 Å². The van der Waals surface area contributed by atoms with Gasteiger partial charge in [0.05, 0.1) is 5.41 Å². The minimum atomic E-state index is -1.20. The lowest BCUT2D eigenvalue weighted by atomic mass is 9.79. The smallest absolute Gasteiger partial charge is 0.408 e. The van der Waals surface area contributed by atoms with Crippen LogP contribution in [0, 0.1) is 5.82 Å². The molecular formula is C26H29FN4O5.